The van der Waals surface area contributed by atoms with Gasteiger partial charge in [-0.05, 0) is 30.0 Å². The van der Waals surface area contributed by atoms with Gasteiger partial charge in [0.2, 0.25) is 0 Å². The average Bonchev–Trinajstić information content (AvgIpc) is 3.35. The molecule has 0 fully saturated rings. The van der Waals surface area contributed by atoms with Crippen LogP contribution in [-0.2, 0) is 4.74 Å². The average molecular weight is 354 g/mol. The van der Waals surface area contributed by atoms with Crippen molar-refractivity contribution in [3.8, 4) is 10.6 Å². The van der Waals surface area contributed by atoms with Crippen molar-refractivity contribution in [2.45, 2.75) is 12.5 Å². The van der Waals surface area contributed by atoms with Crippen molar-refractivity contribution >= 4 is 17.2 Å². The summed E-state index contributed by atoms with van der Waals surface area (Å²) < 4.78 is 5.15. The largest absolute Gasteiger partial charge is 0.385 e. The molecule has 0 aliphatic carbocycles. The molecule has 3 aromatic heterocycles. The highest BCUT2D eigenvalue weighted by molar-refractivity contribution is 7.13. The maximum absolute atomic E-state index is 12.9. The topological polar surface area (TPSA) is 71.1 Å². The summed E-state index contributed by atoms with van der Waals surface area (Å²) in [6.45, 7) is 1.22. The van der Waals surface area contributed by atoms with Crippen LogP contribution >= 0.6 is 11.3 Å². The number of ether oxygens (including phenoxy) is 1. The minimum Gasteiger partial charge on any atom is -0.385 e. The molecule has 1 unspecified atom stereocenters. The van der Waals surface area contributed by atoms with Gasteiger partial charge in [-0.1, -0.05) is 12.1 Å². The van der Waals surface area contributed by atoms with Gasteiger partial charge in [-0.15, -0.1) is 11.3 Å². The first kappa shape index (κ1) is 16.0. The van der Waals surface area contributed by atoms with Gasteiger partial charge in [0.05, 0.1) is 16.3 Å². The van der Waals surface area contributed by atoms with Gasteiger partial charge in [0.25, 0.3) is 5.91 Å². The molecule has 4 heterocycles. The maximum Gasteiger partial charge on any atom is 0.275 e. The van der Waals surface area contributed by atoms with E-state index in [1.165, 1.54) is 0 Å². The van der Waals surface area contributed by atoms with Crippen molar-refractivity contribution < 1.29 is 9.53 Å². The third kappa shape index (κ3) is 2.75. The van der Waals surface area contributed by atoms with E-state index in [4.69, 9.17) is 4.74 Å². The molecular weight excluding hydrogens is 336 g/mol. The van der Waals surface area contributed by atoms with Crippen LogP contribution in [0.3, 0.4) is 0 Å². The molecule has 25 heavy (non-hydrogen) atoms. The number of rotatable bonds is 6. The molecule has 1 N–H and O–H groups in total. The summed E-state index contributed by atoms with van der Waals surface area (Å²) in [4.78, 5) is 20.4. The van der Waals surface area contributed by atoms with E-state index < -0.39 is 0 Å². The Balaban J connectivity index is 1.79. The molecular formula is C18H18N4O2S. The zero-order chi connectivity index (χ0) is 17.2. The van der Waals surface area contributed by atoms with Crippen molar-refractivity contribution in [1.29, 1.82) is 0 Å². The lowest BCUT2D eigenvalue weighted by Crippen LogP contribution is -2.31. The first-order valence-electron chi connectivity index (χ1n) is 8.14. The summed E-state index contributed by atoms with van der Waals surface area (Å²) >= 11 is 1.63. The lowest BCUT2D eigenvalue weighted by Gasteiger charge is -2.25. The number of hydrogen-bond donors (Lipinski definition) is 1. The van der Waals surface area contributed by atoms with Gasteiger partial charge in [0, 0.05) is 32.0 Å². The number of thiophene rings is 1. The number of aromatic amines is 1. The fourth-order valence-corrected chi connectivity index (χ4v) is 3.99. The molecule has 0 spiro atoms. The predicted molar refractivity (Wildman–Crippen MR) is 95.5 cm³/mol. The summed E-state index contributed by atoms with van der Waals surface area (Å²) in [6.07, 6.45) is 2.53. The van der Waals surface area contributed by atoms with E-state index in [0.717, 1.165) is 28.2 Å². The molecule has 0 saturated heterocycles. The van der Waals surface area contributed by atoms with Crippen LogP contribution < -0.4 is 0 Å². The van der Waals surface area contributed by atoms with Crippen LogP contribution in [0.1, 0.15) is 34.2 Å². The second kappa shape index (κ2) is 6.78. The lowest BCUT2D eigenvalue weighted by atomic mass is 10.0. The van der Waals surface area contributed by atoms with Gasteiger partial charge in [-0.3, -0.25) is 14.9 Å². The van der Waals surface area contributed by atoms with Crippen LogP contribution in [0.5, 0.6) is 0 Å². The second-order valence-corrected chi connectivity index (χ2v) is 6.79. The normalized spacial score (nSPS) is 16.4. The molecule has 128 valence electrons. The highest BCUT2D eigenvalue weighted by atomic mass is 32.1. The van der Waals surface area contributed by atoms with Crippen LogP contribution in [0.15, 0.2) is 41.9 Å². The highest BCUT2D eigenvalue weighted by Gasteiger charge is 2.42. The minimum atomic E-state index is -0.226. The van der Waals surface area contributed by atoms with Gasteiger partial charge < -0.3 is 9.64 Å². The fraction of sp³-hybridized carbons (Fsp3) is 0.278. The van der Waals surface area contributed by atoms with Crippen LogP contribution in [-0.4, -0.2) is 46.2 Å². The van der Waals surface area contributed by atoms with E-state index in [-0.39, 0.29) is 11.9 Å². The Morgan fingerprint density at radius 1 is 1.32 bits per heavy atom. The van der Waals surface area contributed by atoms with Crippen LogP contribution in [0.2, 0.25) is 0 Å². The summed E-state index contributed by atoms with van der Waals surface area (Å²) in [5, 5.41) is 9.40. The van der Waals surface area contributed by atoms with E-state index in [0.29, 0.717) is 18.8 Å². The van der Waals surface area contributed by atoms with Crippen LogP contribution in [0, 0.1) is 0 Å². The molecule has 0 bridgehead atoms. The number of hydrogen-bond acceptors (Lipinski definition) is 5. The number of aromatic nitrogens is 3. The Bertz CT molecular complexity index is 861. The second-order valence-electron chi connectivity index (χ2n) is 5.84. The van der Waals surface area contributed by atoms with E-state index in [1.54, 1.807) is 24.6 Å². The molecule has 1 amide bonds. The van der Waals surface area contributed by atoms with Gasteiger partial charge in [0.15, 0.2) is 5.69 Å². The molecule has 1 atom stereocenters. The van der Waals surface area contributed by atoms with E-state index in [9.17, 15) is 4.79 Å². The lowest BCUT2D eigenvalue weighted by molar-refractivity contribution is 0.0720. The van der Waals surface area contributed by atoms with Crippen LogP contribution in [0.25, 0.3) is 10.6 Å². The van der Waals surface area contributed by atoms with E-state index in [1.807, 2.05) is 40.6 Å². The first-order valence-corrected chi connectivity index (χ1v) is 9.02. The fourth-order valence-electron chi connectivity index (χ4n) is 3.25. The molecule has 0 saturated carbocycles. The van der Waals surface area contributed by atoms with Gasteiger partial charge in [0.1, 0.15) is 6.04 Å². The summed E-state index contributed by atoms with van der Waals surface area (Å²) in [5.41, 5.74) is 3.18. The molecule has 1 aliphatic rings. The molecule has 0 aromatic carbocycles. The Morgan fingerprint density at radius 2 is 2.24 bits per heavy atom. The Labute approximate surface area is 149 Å². The number of pyridine rings is 1. The molecule has 1 aliphatic heterocycles. The van der Waals surface area contributed by atoms with Crippen molar-refractivity contribution in [2.24, 2.45) is 0 Å². The third-order valence-electron chi connectivity index (χ3n) is 4.34. The number of carbonyl (C=O) groups is 1. The number of fused-ring (bicyclic) bond motifs is 1. The van der Waals surface area contributed by atoms with Gasteiger partial charge in [-0.2, -0.15) is 5.10 Å². The summed E-state index contributed by atoms with van der Waals surface area (Å²) in [7, 11) is 1.67. The SMILES string of the molecule is COCCCN1C(=O)c2n[nH]c(-c3cccs3)c2C1c1ccccn1. The summed E-state index contributed by atoms with van der Waals surface area (Å²) in [6, 6.07) is 9.59. The van der Waals surface area contributed by atoms with Crippen molar-refractivity contribution in [1.82, 2.24) is 20.1 Å². The number of H-pyrrole nitrogens is 1. The molecule has 6 nitrogen and oxygen atoms in total. The Hall–Kier alpha value is -2.51. The Kier molecular flexibility index (Phi) is 4.33. The summed E-state index contributed by atoms with van der Waals surface area (Å²) in [5.74, 6) is -0.0548. The van der Waals surface area contributed by atoms with E-state index in [2.05, 4.69) is 15.2 Å². The third-order valence-corrected chi connectivity index (χ3v) is 5.22. The Morgan fingerprint density at radius 3 is 2.96 bits per heavy atom. The van der Waals surface area contributed by atoms with Crippen molar-refractivity contribution in [3.05, 3.63) is 58.9 Å². The van der Waals surface area contributed by atoms with Gasteiger partial charge >= 0.3 is 0 Å². The highest BCUT2D eigenvalue weighted by Crippen LogP contribution is 2.42. The molecule has 4 rings (SSSR count). The minimum absolute atomic E-state index is 0.0548. The first-order chi connectivity index (χ1) is 12.3. The number of amides is 1. The number of carbonyl (C=O) groups excluding carboxylic acids is 1. The van der Waals surface area contributed by atoms with Gasteiger partial charge in [-0.25, -0.2) is 0 Å². The monoisotopic (exact) mass is 354 g/mol. The quantitative estimate of drug-likeness (QED) is 0.691. The molecule has 3 aromatic rings. The van der Waals surface area contributed by atoms with Crippen LogP contribution in [0.4, 0.5) is 0 Å². The van der Waals surface area contributed by atoms with Crippen molar-refractivity contribution in [2.75, 3.05) is 20.3 Å². The standard InChI is InChI=1S/C18H18N4O2S/c1-24-10-5-9-22-17(12-6-2-3-8-19-12)14-15(13-7-4-11-25-13)20-21-16(14)18(22)23/h2-4,6-8,11,17H,5,9-10H2,1H3,(H,20,21). The number of nitrogens with one attached hydrogen (secondary N) is 1. The zero-order valence-electron chi connectivity index (χ0n) is 13.8. The van der Waals surface area contributed by atoms with E-state index >= 15 is 0 Å². The molecule has 0 radical (unpaired) electrons. The van der Waals surface area contributed by atoms with Crippen molar-refractivity contribution in [3.63, 3.8) is 0 Å². The zero-order valence-corrected chi connectivity index (χ0v) is 14.6. The maximum atomic E-state index is 12.9. The predicted octanol–water partition coefficient (Wildman–Crippen LogP) is 3.11. The molecule has 7 heteroatoms. The smallest absolute Gasteiger partial charge is 0.275 e. The number of nitrogens with zero attached hydrogens (tertiary/aromatic N) is 3. The number of methoxy groups -OCH3 is 1.